The molecule has 0 fully saturated rings. The molecule has 4 heteroatoms. The van der Waals surface area contributed by atoms with E-state index < -0.39 is 0 Å². The highest BCUT2D eigenvalue weighted by atomic mass is 32.2. The van der Waals surface area contributed by atoms with Crippen LogP contribution in [0.3, 0.4) is 0 Å². The molecule has 0 saturated heterocycles. The lowest BCUT2D eigenvalue weighted by Crippen LogP contribution is -2.26. The fourth-order valence-electron chi connectivity index (χ4n) is 1.93. The number of carbonyl (C=O) groups is 1. The maximum absolute atomic E-state index is 12.2. The lowest BCUT2D eigenvalue weighted by Gasteiger charge is -2.09. The summed E-state index contributed by atoms with van der Waals surface area (Å²) in [5.41, 5.74) is 2.88. The SMILES string of the molecule is CSc1ccc(C)c(C(=O)NCCc2cccnc2)c1. The maximum Gasteiger partial charge on any atom is 0.251 e. The van der Waals surface area contributed by atoms with Crippen LogP contribution in [-0.2, 0) is 6.42 Å². The largest absolute Gasteiger partial charge is 0.352 e. The average Bonchev–Trinajstić information content (AvgIpc) is 2.48. The molecule has 2 rings (SSSR count). The lowest BCUT2D eigenvalue weighted by molar-refractivity contribution is 0.0953. The summed E-state index contributed by atoms with van der Waals surface area (Å²) in [6, 6.07) is 9.88. The van der Waals surface area contributed by atoms with E-state index in [0.29, 0.717) is 6.54 Å². The van der Waals surface area contributed by atoms with E-state index in [1.807, 2.05) is 49.7 Å². The second-order valence-electron chi connectivity index (χ2n) is 4.55. The number of thioether (sulfide) groups is 1. The first-order valence-electron chi connectivity index (χ1n) is 6.52. The highest BCUT2D eigenvalue weighted by Gasteiger charge is 2.09. The van der Waals surface area contributed by atoms with E-state index in [9.17, 15) is 4.79 Å². The van der Waals surface area contributed by atoms with E-state index in [-0.39, 0.29) is 5.91 Å². The summed E-state index contributed by atoms with van der Waals surface area (Å²) in [4.78, 5) is 17.4. The number of hydrogen-bond donors (Lipinski definition) is 1. The van der Waals surface area contributed by atoms with Gasteiger partial charge in [-0.3, -0.25) is 9.78 Å². The molecule has 0 bridgehead atoms. The van der Waals surface area contributed by atoms with Crippen LogP contribution in [0.15, 0.2) is 47.6 Å². The molecule has 2 aromatic rings. The number of aromatic nitrogens is 1. The number of hydrogen-bond acceptors (Lipinski definition) is 3. The van der Waals surface area contributed by atoms with Gasteiger partial charge in [0.15, 0.2) is 0 Å². The third kappa shape index (κ3) is 3.84. The number of aryl methyl sites for hydroxylation is 1. The van der Waals surface area contributed by atoms with Gasteiger partial charge in [0.25, 0.3) is 5.91 Å². The average molecular weight is 286 g/mol. The van der Waals surface area contributed by atoms with Crippen molar-refractivity contribution in [1.82, 2.24) is 10.3 Å². The summed E-state index contributed by atoms with van der Waals surface area (Å²) >= 11 is 1.64. The van der Waals surface area contributed by atoms with Crippen LogP contribution < -0.4 is 5.32 Å². The summed E-state index contributed by atoms with van der Waals surface area (Å²) < 4.78 is 0. The van der Waals surface area contributed by atoms with Crippen LogP contribution in [0.5, 0.6) is 0 Å². The first kappa shape index (κ1) is 14.6. The Kier molecular flexibility index (Phi) is 5.18. The van der Waals surface area contributed by atoms with Crippen molar-refractivity contribution in [2.24, 2.45) is 0 Å². The van der Waals surface area contributed by atoms with Crippen molar-refractivity contribution in [2.45, 2.75) is 18.2 Å². The number of pyridine rings is 1. The standard InChI is InChI=1S/C16H18N2OS/c1-12-5-6-14(20-2)10-15(12)16(19)18-9-7-13-4-3-8-17-11-13/h3-6,8,10-11H,7,9H2,1-2H3,(H,18,19). The third-order valence-corrected chi connectivity index (χ3v) is 3.84. The van der Waals surface area contributed by atoms with Gasteiger partial charge >= 0.3 is 0 Å². The van der Waals surface area contributed by atoms with Gasteiger partial charge in [-0.25, -0.2) is 0 Å². The fourth-order valence-corrected chi connectivity index (χ4v) is 2.37. The van der Waals surface area contributed by atoms with Gasteiger partial charge in [0.05, 0.1) is 0 Å². The topological polar surface area (TPSA) is 42.0 Å². The van der Waals surface area contributed by atoms with Crippen molar-refractivity contribution in [1.29, 1.82) is 0 Å². The van der Waals surface area contributed by atoms with E-state index in [1.54, 1.807) is 18.0 Å². The Bertz CT molecular complexity index is 584. The molecule has 0 saturated carbocycles. The molecular formula is C16H18N2OS. The van der Waals surface area contributed by atoms with Crippen molar-refractivity contribution in [2.75, 3.05) is 12.8 Å². The quantitative estimate of drug-likeness (QED) is 0.859. The van der Waals surface area contributed by atoms with Crippen LogP contribution in [0, 0.1) is 6.92 Å². The Labute approximate surface area is 123 Å². The zero-order valence-corrected chi connectivity index (χ0v) is 12.5. The van der Waals surface area contributed by atoms with Gasteiger partial charge in [-0.05, 0) is 48.9 Å². The molecule has 104 valence electrons. The lowest BCUT2D eigenvalue weighted by atomic mass is 10.1. The van der Waals surface area contributed by atoms with Crippen molar-refractivity contribution in [3.8, 4) is 0 Å². The number of amides is 1. The monoisotopic (exact) mass is 286 g/mol. The Morgan fingerprint density at radius 2 is 2.20 bits per heavy atom. The minimum absolute atomic E-state index is 0.0118. The van der Waals surface area contributed by atoms with E-state index >= 15 is 0 Å². The molecule has 0 aliphatic carbocycles. The molecule has 0 radical (unpaired) electrons. The minimum atomic E-state index is -0.0118. The van der Waals surface area contributed by atoms with Gasteiger partial charge in [-0.15, -0.1) is 11.8 Å². The molecule has 1 aromatic carbocycles. The van der Waals surface area contributed by atoms with Crippen molar-refractivity contribution in [3.05, 3.63) is 59.4 Å². The highest BCUT2D eigenvalue weighted by Crippen LogP contribution is 2.18. The second kappa shape index (κ2) is 7.10. The highest BCUT2D eigenvalue weighted by molar-refractivity contribution is 7.98. The molecule has 0 spiro atoms. The van der Waals surface area contributed by atoms with Crippen LogP contribution in [-0.4, -0.2) is 23.7 Å². The smallest absolute Gasteiger partial charge is 0.251 e. The summed E-state index contributed by atoms with van der Waals surface area (Å²) in [6.45, 7) is 2.58. The van der Waals surface area contributed by atoms with E-state index in [2.05, 4.69) is 10.3 Å². The molecular weight excluding hydrogens is 268 g/mol. The number of nitrogens with zero attached hydrogens (tertiary/aromatic N) is 1. The third-order valence-electron chi connectivity index (χ3n) is 3.11. The molecule has 0 aliphatic rings. The summed E-state index contributed by atoms with van der Waals surface area (Å²) in [5, 5.41) is 2.96. The molecule has 3 nitrogen and oxygen atoms in total. The predicted molar refractivity (Wildman–Crippen MR) is 83.2 cm³/mol. The van der Waals surface area contributed by atoms with Gasteiger partial charge in [0, 0.05) is 29.4 Å². The normalized spacial score (nSPS) is 10.3. The summed E-state index contributed by atoms with van der Waals surface area (Å²) in [5.74, 6) is -0.0118. The Morgan fingerprint density at radius 1 is 1.35 bits per heavy atom. The molecule has 0 unspecified atom stereocenters. The predicted octanol–water partition coefficient (Wildman–Crippen LogP) is 3.08. The Balaban J connectivity index is 1.95. The van der Waals surface area contributed by atoms with Crippen LogP contribution in [0.2, 0.25) is 0 Å². The van der Waals surface area contributed by atoms with Gasteiger partial charge in [0.2, 0.25) is 0 Å². The summed E-state index contributed by atoms with van der Waals surface area (Å²) in [7, 11) is 0. The first-order valence-corrected chi connectivity index (χ1v) is 7.75. The zero-order valence-electron chi connectivity index (χ0n) is 11.7. The number of carbonyl (C=O) groups excluding carboxylic acids is 1. The Morgan fingerprint density at radius 3 is 2.90 bits per heavy atom. The summed E-state index contributed by atoms with van der Waals surface area (Å²) in [6.07, 6.45) is 6.38. The number of rotatable bonds is 5. The van der Waals surface area contributed by atoms with Gasteiger partial charge in [-0.2, -0.15) is 0 Å². The first-order chi connectivity index (χ1) is 9.70. The number of nitrogens with one attached hydrogen (secondary N) is 1. The minimum Gasteiger partial charge on any atom is -0.352 e. The Hall–Kier alpha value is -1.81. The fraction of sp³-hybridized carbons (Fsp3) is 0.250. The molecule has 0 aliphatic heterocycles. The molecule has 0 atom stereocenters. The van der Waals surface area contributed by atoms with Gasteiger partial charge < -0.3 is 5.32 Å². The molecule has 20 heavy (non-hydrogen) atoms. The number of benzene rings is 1. The van der Waals surface area contributed by atoms with Crippen LogP contribution in [0.4, 0.5) is 0 Å². The second-order valence-corrected chi connectivity index (χ2v) is 5.43. The molecule has 1 aromatic heterocycles. The van der Waals surface area contributed by atoms with Gasteiger partial charge in [0.1, 0.15) is 0 Å². The van der Waals surface area contributed by atoms with Crippen LogP contribution in [0.25, 0.3) is 0 Å². The van der Waals surface area contributed by atoms with Crippen LogP contribution >= 0.6 is 11.8 Å². The molecule has 1 amide bonds. The maximum atomic E-state index is 12.2. The van der Waals surface area contributed by atoms with E-state index in [4.69, 9.17) is 0 Å². The molecule has 1 heterocycles. The van der Waals surface area contributed by atoms with Crippen molar-refractivity contribution >= 4 is 17.7 Å². The van der Waals surface area contributed by atoms with Crippen molar-refractivity contribution < 1.29 is 4.79 Å². The zero-order chi connectivity index (χ0) is 14.4. The molecule has 1 N–H and O–H groups in total. The van der Waals surface area contributed by atoms with E-state index in [1.165, 1.54) is 0 Å². The van der Waals surface area contributed by atoms with E-state index in [0.717, 1.165) is 28.0 Å². The van der Waals surface area contributed by atoms with Gasteiger partial charge in [-0.1, -0.05) is 12.1 Å². The van der Waals surface area contributed by atoms with Crippen LogP contribution in [0.1, 0.15) is 21.5 Å². The van der Waals surface area contributed by atoms with Crippen molar-refractivity contribution in [3.63, 3.8) is 0 Å².